The van der Waals surface area contributed by atoms with Gasteiger partial charge in [0, 0.05) is 16.8 Å². The van der Waals surface area contributed by atoms with Crippen LogP contribution in [0.3, 0.4) is 0 Å². The highest BCUT2D eigenvalue weighted by molar-refractivity contribution is 5.97. The van der Waals surface area contributed by atoms with Gasteiger partial charge in [0.2, 0.25) is 0 Å². The SMILES string of the molecule is CC1(C)c2cc3ccccc3cc2-c2cccc(N(c3ccc(-c4ccccc4)cc3)c3cc(-c4ccccc4)cc(-c4ccccc4)c3)c21. The maximum absolute atomic E-state index is 2.49. The summed E-state index contributed by atoms with van der Waals surface area (Å²) in [5, 5.41) is 2.56. The minimum absolute atomic E-state index is 0.215. The average Bonchev–Trinajstić information content (AvgIpc) is 3.41. The van der Waals surface area contributed by atoms with Crippen molar-refractivity contribution in [2.24, 2.45) is 0 Å². The lowest BCUT2D eigenvalue weighted by Crippen LogP contribution is -2.20. The number of rotatable bonds is 6. The molecule has 9 rings (SSSR count). The molecule has 8 aromatic carbocycles. The zero-order valence-corrected chi connectivity index (χ0v) is 28.3. The van der Waals surface area contributed by atoms with E-state index in [-0.39, 0.29) is 5.41 Å². The number of fused-ring (bicyclic) bond motifs is 4. The first-order chi connectivity index (χ1) is 24.5. The summed E-state index contributed by atoms with van der Waals surface area (Å²) in [5.74, 6) is 0. The Bertz CT molecular complexity index is 2420. The number of hydrogen-bond donors (Lipinski definition) is 0. The van der Waals surface area contributed by atoms with Gasteiger partial charge in [-0.05, 0) is 115 Å². The lowest BCUT2D eigenvalue weighted by Gasteiger charge is -2.33. The van der Waals surface area contributed by atoms with E-state index >= 15 is 0 Å². The molecule has 238 valence electrons. The number of nitrogens with zero attached hydrogens (tertiary/aromatic N) is 1. The topological polar surface area (TPSA) is 3.24 Å². The molecule has 0 heterocycles. The molecule has 0 fully saturated rings. The predicted octanol–water partition coefficient (Wildman–Crippen LogP) is 13.6. The van der Waals surface area contributed by atoms with Crippen LogP contribution in [0.4, 0.5) is 17.1 Å². The van der Waals surface area contributed by atoms with E-state index in [0.29, 0.717) is 0 Å². The predicted molar refractivity (Wildman–Crippen MR) is 213 cm³/mol. The summed E-state index contributed by atoms with van der Waals surface area (Å²) in [5.41, 5.74) is 15.8. The summed E-state index contributed by atoms with van der Waals surface area (Å²) in [6.45, 7) is 4.78. The Morgan fingerprint density at radius 3 is 1.44 bits per heavy atom. The van der Waals surface area contributed by atoms with E-state index in [4.69, 9.17) is 0 Å². The zero-order chi connectivity index (χ0) is 33.7. The minimum atomic E-state index is -0.215. The highest BCUT2D eigenvalue weighted by Gasteiger charge is 2.39. The lowest BCUT2D eigenvalue weighted by molar-refractivity contribution is 0.661. The van der Waals surface area contributed by atoms with Gasteiger partial charge in [-0.3, -0.25) is 0 Å². The van der Waals surface area contributed by atoms with Crippen LogP contribution < -0.4 is 4.90 Å². The summed E-state index contributed by atoms with van der Waals surface area (Å²) >= 11 is 0. The molecule has 1 nitrogen and oxygen atoms in total. The third kappa shape index (κ3) is 5.11. The number of benzene rings is 8. The molecule has 8 aromatic rings. The summed E-state index contributed by atoms with van der Waals surface area (Å²) in [6.07, 6.45) is 0. The smallest absolute Gasteiger partial charge is 0.0508 e. The van der Waals surface area contributed by atoms with Gasteiger partial charge < -0.3 is 4.90 Å². The molecule has 0 unspecified atom stereocenters. The second-order valence-electron chi connectivity index (χ2n) is 13.8. The number of hydrogen-bond acceptors (Lipinski definition) is 1. The van der Waals surface area contributed by atoms with Crippen LogP contribution in [0.5, 0.6) is 0 Å². The van der Waals surface area contributed by atoms with E-state index in [1.807, 2.05) is 0 Å². The van der Waals surface area contributed by atoms with Gasteiger partial charge in [-0.2, -0.15) is 0 Å². The standard InChI is InChI=1S/C49H37N/c1-49(2)46-33-39-22-13-12-21-38(39)32-45(46)44-23-14-24-47(48(44)49)50(42-27-25-37(26-28-42)34-15-6-3-7-16-34)43-30-40(35-17-8-4-9-18-35)29-41(31-43)36-19-10-5-11-20-36/h3-33H,1-2H3. The average molecular weight is 640 g/mol. The molecular weight excluding hydrogens is 603 g/mol. The maximum atomic E-state index is 2.49. The minimum Gasteiger partial charge on any atom is -0.310 e. The molecule has 1 aliphatic rings. The van der Waals surface area contributed by atoms with Crippen LogP contribution in [0.2, 0.25) is 0 Å². The molecule has 0 saturated carbocycles. The first kappa shape index (κ1) is 29.9. The summed E-state index contributed by atoms with van der Waals surface area (Å²) in [4.78, 5) is 2.49. The van der Waals surface area contributed by atoms with Crippen LogP contribution in [0, 0.1) is 0 Å². The van der Waals surface area contributed by atoms with Crippen molar-refractivity contribution >= 4 is 27.8 Å². The molecule has 0 spiro atoms. The molecule has 0 bridgehead atoms. The van der Waals surface area contributed by atoms with Crippen molar-refractivity contribution in [2.75, 3.05) is 4.90 Å². The second kappa shape index (κ2) is 12.1. The molecule has 0 aliphatic heterocycles. The van der Waals surface area contributed by atoms with Crippen molar-refractivity contribution in [1.29, 1.82) is 0 Å². The molecule has 1 heteroatoms. The number of anilines is 3. The Balaban J connectivity index is 1.30. The van der Waals surface area contributed by atoms with Gasteiger partial charge in [0.1, 0.15) is 0 Å². The van der Waals surface area contributed by atoms with Gasteiger partial charge in [-0.15, -0.1) is 0 Å². The van der Waals surface area contributed by atoms with Crippen molar-refractivity contribution in [3.8, 4) is 44.5 Å². The quantitative estimate of drug-likeness (QED) is 0.175. The van der Waals surface area contributed by atoms with E-state index in [2.05, 4.69) is 207 Å². The molecule has 0 atom stereocenters. The molecule has 0 aromatic heterocycles. The second-order valence-corrected chi connectivity index (χ2v) is 13.8. The maximum Gasteiger partial charge on any atom is 0.0508 e. The zero-order valence-electron chi connectivity index (χ0n) is 28.3. The van der Waals surface area contributed by atoms with Crippen LogP contribution in [0.1, 0.15) is 25.0 Å². The van der Waals surface area contributed by atoms with Gasteiger partial charge in [0.05, 0.1) is 5.69 Å². The van der Waals surface area contributed by atoms with E-state index in [1.165, 1.54) is 72.1 Å². The summed E-state index contributed by atoms with van der Waals surface area (Å²) in [7, 11) is 0. The summed E-state index contributed by atoms with van der Waals surface area (Å²) in [6, 6.07) is 68.6. The van der Waals surface area contributed by atoms with Crippen molar-refractivity contribution in [2.45, 2.75) is 19.3 Å². The van der Waals surface area contributed by atoms with Gasteiger partial charge in [-0.25, -0.2) is 0 Å². The third-order valence-corrected chi connectivity index (χ3v) is 10.4. The first-order valence-corrected chi connectivity index (χ1v) is 17.4. The van der Waals surface area contributed by atoms with Crippen LogP contribution in [-0.2, 0) is 5.41 Å². The fourth-order valence-electron chi connectivity index (χ4n) is 7.92. The highest BCUT2D eigenvalue weighted by atomic mass is 15.1. The van der Waals surface area contributed by atoms with Crippen LogP contribution in [-0.4, -0.2) is 0 Å². The van der Waals surface area contributed by atoms with Gasteiger partial charge >= 0.3 is 0 Å². The monoisotopic (exact) mass is 639 g/mol. The molecule has 1 aliphatic carbocycles. The normalized spacial score (nSPS) is 12.8. The highest BCUT2D eigenvalue weighted by Crippen LogP contribution is 2.55. The first-order valence-electron chi connectivity index (χ1n) is 17.4. The van der Waals surface area contributed by atoms with Gasteiger partial charge in [0.15, 0.2) is 0 Å². The Morgan fingerprint density at radius 1 is 0.360 bits per heavy atom. The van der Waals surface area contributed by atoms with Gasteiger partial charge in [0.25, 0.3) is 0 Å². The molecular formula is C49H37N. The Labute approximate surface area is 294 Å². The Morgan fingerprint density at radius 2 is 0.860 bits per heavy atom. The van der Waals surface area contributed by atoms with Crippen molar-refractivity contribution in [1.82, 2.24) is 0 Å². The van der Waals surface area contributed by atoms with E-state index < -0.39 is 0 Å². The fourth-order valence-corrected chi connectivity index (χ4v) is 7.92. The molecule has 50 heavy (non-hydrogen) atoms. The van der Waals surface area contributed by atoms with Crippen LogP contribution in [0.25, 0.3) is 55.3 Å². The van der Waals surface area contributed by atoms with E-state index in [1.54, 1.807) is 0 Å². The summed E-state index contributed by atoms with van der Waals surface area (Å²) < 4.78 is 0. The molecule has 0 N–H and O–H groups in total. The molecule has 0 amide bonds. The van der Waals surface area contributed by atoms with Crippen LogP contribution in [0.15, 0.2) is 188 Å². The van der Waals surface area contributed by atoms with Crippen LogP contribution >= 0.6 is 0 Å². The Hall–Kier alpha value is -6.18. The van der Waals surface area contributed by atoms with Crippen molar-refractivity contribution in [3.05, 3.63) is 199 Å². The van der Waals surface area contributed by atoms with E-state index in [9.17, 15) is 0 Å². The lowest BCUT2D eigenvalue weighted by atomic mass is 9.80. The van der Waals surface area contributed by atoms with Gasteiger partial charge in [-0.1, -0.05) is 153 Å². The van der Waals surface area contributed by atoms with E-state index in [0.717, 1.165) is 11.4 Å². The molecule has 0 saturated heterocycles. The van der Waals surface area contributed by atoms with Crippen molar-refractivity contribution < 1.29 is 0 Å². The fraction of sp³-hybridized carbons (Fsp3) is 0.0612. The third-order valence-electron chi connectivity index (χ3n) is 10.4. The van der Waals surface area contributed by atoms with Crippen molar-refractivity contribution in [3.63, 3.8) is 0 Å². The molecule has 0 radical (unpaired) electrons. The largest absolute Gasteiger partial charge is 0.310 e. The Kier molecular flexibility index (Phi) is 7.21.